The quantitative estimate of drug-likeness (QED) is 0.784. The van der Waals surface area contributed by atoms with E-state index in [1.807, 2.05) is 5.32 Å². The van der Waals surface area contributed by atoms with Crippen LogP contribution in [0.1, 0.15) is 25.8 Å². The molecule has 6 heteroatoms. The zero-order valence-corrected chi connectivity index (χ0v) is 10.4. The summed E-state index contributed by atoms with van der Waals surface area (Å²) in [5.41, 5.74) is -5.29. The first kappa shape index (κ1) is 13.8. The molecule has 0 aliphatic carbocycles. The lowest BCUT2D eigenvalue weighted by Crippen LogP contribution is -2.66. The van der Waals surface area contributed by atoms with E-state index in [1.165, 1.54) is 12.1 Å². The van der Waals surface area contributed by atoms with Crippen LogP contribution < -0.4 is 5.32 Å². The summed E-state index contributed by atoms with van der Waals surface area (Å²) in [5, 5.41) is 1.93. The maximum Gasteiger partial charge on any atom is 0.278 e. The van der Waals surface area contributed by atoms with Crippen LogP contribution in [0.5, 0.6) is 0 Å². The highest BCUT2D eigenvalue weighted by Gasteiger charge is 2.63. The van der Waals surface area contributed by atoms with Crippen molar-refractivity contribution in [1.82, 2.24) is 5.32 Å². The number of benzene rings is 1. The first-order chi connectivity index (χ1) is 8.60. The molecule has 104 valence electrons. The van der Waals surface area contributed by atoms with Gasteiger partial charge in [0.2, 0.25) is 0 Å². The van der Waals surface area contributed by atoms with Crippen LogP contribution in [0, 0.1) is 5.82 Å². The molecule has 0 spiro atoms. The number of amides is 1. The van der Waals surface area contributed by atoms with Crippen LogP contribution in [0.15, 0.2) is 24.3 Å². The predicted octanol–water partition coefficient (Wildman–Crippen LogP) is 2.92. The number of hydrogen-bond acceptors (Lipinski definition) is 1. The van der Waals surface area contributed by atoms with Gasteiger partial charge in [-0.15, -0.1) is 0 Å². The minimum absolute atomic E-state index is 0.358. The molecule has 1 N–H and O–H groups in total. The summed E-state index contributed by atoms with van der Waals surface area (Å²) in [4.78, 5) is 11.6. The Hall–Kier alpha value is -1.59. The molecule has 1 aliphatic heterocycles. The number of piperidine rings is 1. The molecule has 0 radical (unpaired) electrons. The van der Waals surface area contributed by atoms with E-state index in [-0.39, 0.29) is 5.56 Å². The normalized spacial score (nSPS) is 33.9. The van der Waals surface area contributed by atoms with Gasteiger partial charge in [-0.2, -0.15) is 0 Å². The van der Waals surface area contributed by atoms with E-state index < -0.39 is 35.3 Å². The third kappa shape index (κ3) is 1.99. The van der Waals surface area contributed by atoms with E-state index in [4.69, 9.17) is 0 Å². The van der Waals surface area contributed by atoms with Crippen molar-refractivity contribution in [2.45, 2.75) is 37.4 Å². The number of carbonyl (C=O) groups excluding carboxylic acids is 1. The summed E-state index contributed by atoms with van der Waals surface area (Å²) in [7, 11) is 0. The second-order valence-electron chi connectivity index (χ2n) is 5.14. The van der Waals surface area contributed by atoms with Crippen LogP contribution in [0.3, 0.4) is 0 Å². The van der Waals surface area contributed by atoms with Crippen molar-refractivity contribution in [2.75, 3.05) is 0 Å². The maximum atomic E-state index is 14.2. The summed E-state index contributed by atoms with van der Waals surface area (Å²) in [6, 6.07) is 4.91. The van der Waals surface area contributed by atoms with Gasteiger partial charge in [0.15, 0.2) is 5.67 Å². The third-order valence-electron chi connectivity index (χ3n) is 3.54. The molecule has 2 rings (SSSR count). The van der Waals surface area contributed by atoms with Crippen molar-refractivity contribution in [3.05, 3.63) is 35.6 Å². The minimum Gasteiger partial charge on any atom is -0.338 e. The molecule has 2 unspecified atom stereocenters. The Bertz CT molecular complexity index is 529. The molecule has 19 heavy (non-hydrogen) atoms. The van der Waals surface area contributed by atoms with Gasteiger partial charge < -0.3 is 5.32 Å². The highest BCUT2D eigenvalue weighted by molar-refractivity contribution is 5.87. The van der Waals surface area contributed by atoms with Gasteiger partial charge in [-0.25, -0.2) is 17.6 Å². The Morgan fingerprint density at radius 3 is 2.32 bits per heavy atom. The lowest BCUT2D eigenvalue weighted by atomic mass is 9.76. The molecule has 0 aromatic heterocycles. The summed E-state index contributed by atoms with van der Waals surface area (Å²) in [5.74, 6) is -5.64. The number of alkyl halides is 3. The van der Waals surface area contributed by atoms with Crippen LogP contribution in [-0.4, -0.2) is 17.5 Å². The second-order valence-corrected chi connectivity index (χ2v) is 5.14. The van der Waals surface area contributed by atoms with Crippen LogP contribution in [0.2, 0.25) is 0 Å². The molecule has 0 bridgehead atoms. The largest absolute Gasteiger partial charge is 0.338 e. The lowest BCUT2D eigenvalue weighted by molar-refractivity contribution is -0.175. The van der Waals surface area contributed by atoms with Gasteiger partial charge >= 0.3 is 0 Å². The van der Waals surface area contributed by atoms with Crippen molar-refractivity contribution >= 4 is 5.91 Å². The standard InChI is InChI=1S/C13H13F4NO/c1-11(15)7-13(16,17)12(2,18-10(11)19)8-5-3-4-6-9(8)14/h3-6H,7H2,1-2H3,(H,18,19). The van der Waals surface area contributed by atoms with E-state index in [2.05, 4.69) is 0 Å². The molecule has 1 saturated heterocycles. The van der Waals surface area contributed by atoms with Gasteiger partial charge in [0, 0.05) is 5.56 Å². The zero-order valence-electron chi connectivity index (χ0n) is 10.4. The highest BCUT2D eigenvalue weighted by Crippen LogP contribution is 2.47. The highest BCUT2D eigenvalue weighted by atomic mass is 19.3. The van der Waals surface area contributed by atoms with Crippen molar-refractivity contribution in [1.29, 1.82) is 0 Å². The molecule has 2 atom stereocenters. The predicted molar refractivity (Wildman–Crippen MR) is 61.0 cm³/mol. The lowest BCUT2D eigenvalue weighted by Gasteiger charge is -2.45. The molecule has 1 aromatic carbocycles. The molecular formula is C13H13F4NO. The van der Waals surface area contributed by atoms with E-state index >= 15 is 0 Å². The molecule has 1 aliphatic rings. The van der Waals surface area contributed by atoms with Gasteiger partial charge in [0.05, 0.1) is 6.42 Å². The monoisotopic (exact) mass is 275 g/mol. The zero-order chi connectivity index (χ0) is 14.5. The van der Waals surface area contributed by atoms with E-state index in [9.17, 15) is 22.4 Å². The number of nitrogens with one attached hydrogen (secondary N) is 1. The first-order valence-electron chi connectivity index (χ1n) is 5.74. The summed E-state index contributed by atoms with van der Waals surface area (Å²) < 4.78 is 55.8. The van der Waals surface area contributed by atoms with Gasteiger partial charge in [-0.3, -0.25) is 4.79 Å². The third-order valence-corrected chi connectivity index (χ3v) is 3.54. The van der Waals surface area contributed by atoms with Gasteiger partial charge in [-0.05, 0) is 19.9 Å². The van der Waals surface area contributed by atoms with Gasteiger partial charge in [-0.1, -0.05) is 18.2 Å². The van der Waals surface area contributed by atoms with Gasteiger partial charge in [0.25, 0.3) is 11.8 Å². The molecule has 1 fully saturated rings. The number of rotatable bonds is 1. The summed E-state index contributed by atoms with van der Waals surface area (Å²) >= 11 is 0. The maximum absolute atomic E-state index is 14.2. The van der Waals surface area contributed by atoms with Crippen molar-refractivity contribution in [3.8, 4) is 0 Å². The summed E-state index contributed by atoms with van der Waals surface area (Å²) in [6.45, 7) is 1.79. The van der Waals surface area contributed by atoms with E-state index in [0.717, 1.165) is 26.0 Å². The molecular weight excluding hydrogens is 262 g/mol. The van der Waals surface area contributed by atoms with Crippen LogP contribution in [0.4, 0.5) is 17.6 Å². The van der Waals surface area contributed by atoms with Crippen LogP contribution in [-0.2, 0) is 10.3 Å². The van der Waals surface area contributed by atoms with Crippen LogP contribution in [0.25, 0.3) is 0 Å². The van der Waals surface area contributed by atoms with Crippen molar-refractivity contribution in [3.63, 3.8) is 0 Å². The fraction of sp³-hybridized carbons (Fsp3) is 0.462. The number of hydrogen-bond donors (Lipinski definition) is 1. The molecule has 2 nitrogen and oxygen atoms in total. The Labute approximate surface area is 107 Å². The molecule has 1 amide bonds. The topological polar surface area (TPSA) is 29.1 Å². The van der Waals surface area contributed by atoms with E-state index in [0.29, 0.717) is 0 Å². The second kappa shape index (κ2) is 3.95. The Balaban J connectivity index is 2.54. The van der Waals surface area contributed by atoms with Crippen molar-refractivity contribution in [2.24, 2.45) is 0 Å². The SMILES string of the molecule is CC1(F)CC(F)(F)C(C)(c2ccccc2F)NC1=O. The minimum atomic E-state index is -3.60. The number of carbonyl (C=O) groups is 1. The molecule has 1 heterocycles. The Morgan fingerprint density at radius 1 is 1.16 bits per heavy atom. The molecule has 1 aromatic rings. The van der Waals surface area contributed by atoms with Gasteiger partial charge in [0.1, 0.15) is 11.4 Å². The van der Waals surface area contributed by atoms with E-state index in [1.54, 1.807) is 0 Å². The fourth-order valence-electron chi connectivity index (χ4n) is 2.25. The average Bonchev–Trinajstić information content (AvgIpc) is 2.26. The average molecular weight is 275 g/mol. The smallest absolute Gasteiger partial charge is 0.278 e. The fourth-order valence-corrected chi connectivity index (χ4v) is 2.25. The Morgan fingerprint density at radius 2 is 1.74 bits per heavy atom. The Kier molecular flexibility index (Phi) is 2.88. The number of halogens is 4. The van der Waals surface area contributed by atoms with Crippen LogP contribution >= 0.6 is 0 Å². The summed E-state index contributed by atoms with van der Waals surface area (Å²) in [6.07, 6.45) is -1.28. The molecule has 0 saturated carbocycles. The van der Waals surface area contributed by atoms with Crippen molar-refractivity contribution < 1.29 is 22.4 Å². The first-order valence-corrected chi connectivity index (χ1v) is 5.74.